The Hall–Kier alpha value is -2.64. The lowest BCUT2D eigenvalue weighted by molar-refractivity contribution is -0.120. The molecule has 1 atom stereocenters. The molecule has 1 aliphatic rings. The van der Waals surface area contributed by atoms with Crippen LogP contribution in [0.15, 0.2) is 59.0 Å². The van der Waals surface area contributed by atoms with Crippen LogP contribution in [0, 0.1) is 5.92 Å². The summed E-state index contributed by atoms with van der Waals surface area (Å²) in [5.41, 5.74) is 2.44. The van der Waals surface area contributed by atoms with Crippen LogP contribution >= 0.6 is 0 Å². The summed E-state index contributed by atoms with van der Waals surface area (Å²) in [5.74, 6) is 0.290. The number of rotatable bonds is 4. The Morgan fingerprint density at radius 1 is 1.14 bits per heavy atom. The van der Waals surface area contributed by atoms with Crippen molar-refractivity contribution in [3.05, 3.63) is 54.6 Å². The molecule has 1 amide bonds. The van der Waals surface area contributed by atoms with Gasteiger partial charge in [0.05, 0.1) is 12.2 Å². The number of carbonyl (C=O) groups is 1. The topological polar surface area (TPSA) is 79.6 Å². The van der Waals surface area contributed by atoms with Crippen molar-refractivity contribution in [2.45, 2.75) is 12.8 Å². The maximum absolute atomic E-state index is 12.6. The zero-order valence-electron chi connectivity index (χ0n) is 15.6. The van der Waals surface area contributed by atoms with Crippen LogP contribution in [-0.2, 0) is 14.8 Å². The molecule has 2 aromatic carbocycles. The molecule has 2 heterocycles. The number of benzene rings is 2. The number of carbonyl (C=O) groups excluding carboxylic acids is 1. The van der Waals surface area contributed by atoms with Crippen molar-refractivity contribution in [2.75, 3.05) is 24.7 Å². The van der Waals surface area contributed by atoms with Crippen LogP contribution in [0.3, 0.4) is 0 Å². The molecule has 146 valence electrons. The number of sulfonamides is 1. The van der Waals surface area contributed by atoms with E-state index in [1.807, 2.05) is 54.6 Å². The molecular weight excluding hydrogens is 376 g/mol. The quantitative estimate of drug-likeness (QED) is 0.727. The van der Waals surface area contributed by atoms with Crippen molar-refractivity contribution in [1.29, 1.82) is 0 Å². The molecule has 0 unspecified atom stereocenters. The number of piperidine rings is 1. The van der Waals surface area contributed by atoms with E-state index in [9.17, 15) is 13.2 Å². The molecule has 0 spiro atoms. The minimum absolute atomic E-state index is 0.148. The van der Waals surface area contributed by atoms with E-state index in [-0.39, 0.29) is 18.4 Å². The fourth-order valence-corrected chi connectivity index (χ4v) is 4.46. The molecule has 1 aromatic heterocycles. The van der Waals surface area contributed by atoms with Crippen molar-refractivity contribution in [2.24, 2.45) is 5.92 Å². The Kier molecular flexibility index (Phi) is 4.95. The summed E-state index contributed by atoms with van der Waals surface area (Å²) < 4.78 is 30.7. The van der Waals surface area contributed by atoms with Gasteiger partial charge in [0.1, 0.15) is 11.3 Å². The Morgan fingerprint density at radius 3 is 2.61 bits per heavy atom. The summed E-state index contributed by atoms with van der Waals surface area (Å²) in [7, 11) is -3.27. The lowest BCUT2D eigenvalue weighted by Gasteiger charge is -2.30. The van der Waals surface area contributed by atoms with Gasteiger partial charge >= 0.3 is 0 Å². The number of furan rings is 1. The Morgan fingerprint density at radius 2 is 1.89 bits per heavy atom. The van der Waals surface area contributed by atoms with Gasteiger partial charge in [0.15, 0.2) is 0 Å². The van der Waals surface area contributed by atoms with Gasteiger partial charge in [-0.15, -0.1) is 0 Å². The summed E-state index contributed by atoms with van der Waals surface area (Å²) >= 11 is 0. The monoisotopic (exact) mass is 398 g/mol. The van der Waals surface area contributed by atoms with Gasteiger partial charge in [-0.25, -0.2) is 12.7 Å². The van der Waals surface area contributed by atoms with Crippen LogP contribution in [0.4, 0.5) is 5.69 Å². The van der Waals surface area contributed by atoms with Gasteiger partial charge in [-0.1, -0.05) is 18.2 Å². The second kappa shape index (κ2) is 7.41. The highest BCUT2D eigenvalue weighted by Crippen LogP contribution is 2.29. The second-order valence-corrected chi connectivity index (χ2v) is 9.16. The average molecular weight is 398 g/mol. The lowest BCUT2D eigenvalue weighted by atomic mass is 9.98. The largest absolute Gasteiger partial charge is 0.456 e. The Labute approximate surface area is 164 Å². The zero-order valence-corrected chi connectivity index (χ0v) is 16.4. The number of nitrogens with zero attached hydrogens (tertiary/aromatic N) is 1. The highest BCUT2D eigenvalue weighted by atomic mass is 32.2. The standard InChI is InChI=1S/C21H22N2O4S/c1-28(25,26)23-12-4-6-17(14-23)21(24)22-18-10-8-15(9-11-18)20-13-16-5-2-3-7-19(16)27-20/h2-3,5,7-11,13,17H,4,6,12,14H2,1H3,(H,22,24)/t17-/m0/s1. The summed E-state index contributed by atoms with van der Waals surface area (Å²) in [5, 5.41) is 3.94. The summed E-state index contributed by atoms with van der Waals surface area (Å²) in [6.45, 7) is 0.719. The molecule has 0 aliphatic carbocycles. The molecule has 6 nitrogen and oxygen atoms in total. The first kappa shape index (κ1) is 18.7. The predicted octanol–water partition coefficient (Wildman–Crippen LogP) is 3.71. The molecule has 28 heavy (non-hydrogen) atoms. The van der Waals surface area contributed by atoms with Gasteiger partial charge in [-0.3, -0.25) is 4.79 Å². The third-order valence-electron chi connectivity index (χ3n) is 5.09. The fraction of sp³-hybridized carbons (Fsp3) is 0.286. The fourth-order valence-electron chi connectivity index (χ4n) is 3.54. The van der Waals surface area contributed by atoms with E-state index in [0.29, 0.717) is 25.1 Å². The molecule has 1 fully saturated rings. The predicted molar refractivity (Wildman–Crippen MR) is 109 cm³/mol. The first-order chi connectivity index (χ1) is 13.4. The highest BCUT2D eigenvalue weighted by Gasteiger charge is 2.30. The Bertz CT molecular complexity index is 1070. The van der Waals surface area contributed by atoms with Crippen molar-refractivity contribution in [3.63, 3.8) is 0 Å². The first-order valence-corrected chi connectivity index (χ1v) is 11.1. The van der Waals surface area contributed by atoms with Gasteiger partial charge in [0, 0.05) is 29.7 Å². The summed E-state index contributed by atoms with van der Waals surface area (Å²) in [6, 6.07) is 17.3. The van der Waals surface area contributed by atoms with E-state index in [2.05, 4.69) is 5.32 Å². The normalized spacial score (nSPS) is 18.2. The number of fused-ring (bicyclic) bond motifs is 1. The SMILES string of the molecule is CS(=O)(=O)N1CCC[C@H](C(=O)Nc2ccc(-c3cc4ccccc4o3)cc2)C1. The van der Waals surface area contributed by atoms with Crippen LogP contribution < -0.4 is 5.32 Å². The summed E-state index contributed by atoms with van der Waals surface area (Å²) in [6.07, 6.45) is 2.56. The second-order valence-electron chi connectivity index (χ2n) is 7.18. The zero-order chi connectivity index (χ0) is 19.7. The molecule has 0 saturated carbocycles. The van der Waals surface area contributed by atoms with Crippen molar-refractivity contribution in [3.8, 4) is 11.3 Å². The maximum Gasteiger partial charge on any atom is 0.228 e. The molecular formula is C21H22N2O4S. The van der Waals surface area contributed by atoms with Crippen molar-refractivity contribution >= 4 is 32.6 Å². The molecule has 0 bridgehead atoms. The van der Waals surface area contributed by atoms with Crippen LogP contribution in [0.5, 0.6) is 0 Å². The van der Waals surface area contributed by atoms with Crippen molar-refractivity contribution < 1.29 is 17.6 Å². The number of amides is 1. The average Bonchev–Trinajstić information content (AvgIpc) is 3.12. The third-order valence-corrected chi connectivity index (χ3v) is 6.36. The van der Waals surface area contributed by atoms with Gasteiger partial charge in [-0.05, 0) is 49.2 Å². The van der Waals surface area contributed by atoms with E-state index in [4.69, 9.17) is 4.42 Å². The first-order valence-electron chi connectivity index (χ1n) is 9.25. The molecule has 1 saturated heterocycles. The van der Waals surface area contributed by atoms with Gasteiger partial charge in [0.25, 0.3) is 0 Å². The van der Waals surface area contributed by atoms with Crippen LogP contribution in [0.2, 0.25) is 0 Å². The minimum Gasteiger partial charge on any atom is -0.456 e. The minimum atomic E-state index is -3.27. The summed E-state index contributed by atoms with van der Waals surface area (Å²) in [4.78, 5) is 12.6. The molecule has 7 heteroatoms. The number of nitrogens with one attached hydrogen (secondary N) is 1. The molecule has 3 aromatic rings. The van der Waals surface area contributed by atoms with Gasteiger partial charge in [0.2, 0.25) is 15.9 Å². The number of hydrogen-bond donors (Lipinski definition) is 1. The molecule has 0 radical (unpaired) electrons. The molecule has 1 N–H and O–H groups in total. The van der Waals surface area contributed by atoms with E-state index in [1.54, 1.807) is 0 Å². The van der Waals surface area contributed by atoms with Crippen LogP contribution in [-0.4, -0.2) is 38.0 Å². The molecule has 1 aliphatic heterocycles. The van der Waals surface area contributed by atoms with E-state index < -0.39 is 10.0 Å². The third kappa shape index (κ3) is 3.95. The number of hydrogen-bond acceptors (Lipinski definition) is 4. The highest BCUT2D eigenvalue weighted by molar-refractivity contribution is 7.88. The molecule has 4 rings (SSSR count). The van der Waals surface area contributed by atoms with Gasteiger partial charge < -0.3 is 9.73 Å². The number of para-hydroxylation sites is 1. The Balaban J connectivity index is 1.45. The maximum atomic E-state index is 12.6. The van der Waals surface area contributed by atoms with Crippen molar-refractivity contribution in [1.82, 2.24) is 4.31 Å². The number of anilines is 1. The van der Waals surface area contributed by atoms with Gasteiger partial charge in [-0.2, -0.15) is 0 Å². The van der Waals surface area contributed by atoms with E-state index >= 15 is 0 Å². The van der Waals surface area contributed by atoms with Crippen LogP contribution in [0.1, 0.15) is 12.8 Å². The van der Waals surface area contributed by atoms with E-state index in [1.165, 1.54) is 10.6 Å². The van der Waals surface area contributed by atoms with E-state index in [0.717, 1.165) is 22.3 Å². The van der Waals surface area contributed by atoms with Crippen LogP contribution in [0.25, 0.3) is 22.3 Å². The smallest absolute Gasteiger partial charge is 0.228 e. The lowest BCUT2D eigenvalue weighted by Crippen LogP contribution is -2.43.